The van der Waals surface area contributed by atoms with Gasteiger partial charge in [0.1, 0.15) is 6.04 Å². The summed E-state index contributed by atoms with van der Waals surface area (Å²) in [5.41, 5.74) is 2.44. The second kappa shape index (κ2) is 4.73. The molecular formula is C13H18N2O2. The normalized spacial score (nSPS) is 25.2. The van der Waals surface area contributed by atoms with Gasteiger partial charge in [-0.1, -0.05) is 13.5 Å². The first kappa shape index (κ1) is 11.9. The minimum Gasteiger partial charge on any atom is -0.359 e. The zero-order valence-electron chi connectivity index (χ0n) is 10.2. The van der Waals surface area contributed by atoms with Crippen molar-refractivity contribution in [2.45, 2.75) is 38.6 Å². The third-order valence-electron chi connectivity index (χ3n) is 3.53. The minimum atomic E-state index is -0.204. The first-order valence-electron chi connectivity index (χ1n) is 6.12. The van der Waals surface area contributed by atoms with Crippen molar-refractivity contribution in [2.24, 2.45) is 0 Å². The number of hydrogen-bond donors (Lipinski definition) is 1. The molecule has 0 aromatic heterocycles. The van der Waals surface area contributed by atoms with E-state index in [1.807, 2.05) is 6.08 Å². The fourth-order valence-corrected chi connectivity index (χ4v) is 2.63. The largest absolute Gasteiger partial charge is 0.359 e. The first-order valence-corrected chi connectivity index (χ1v) is 6.12. The molecule has 0 bridgehead atoms. The lowest BCUT2D eigenvalue weighted by molar-refractivity contribution is -0.136. The fourth-order valence-electron chi connectivity index (χ4n) is 2.63. The second-order valence-corrected chi connectivity index (χ2v) is 4.46. The molecule has 0 spiro atoms. The number of hydrogen-bond acceptors (Lipinski definition) is 3. The van der Waals surface area contributed by atoms with Crippen LogP contribution >= 0.6 is 0 Å². The van der Waals surface area contributed by atoms with Crippen molar-refractivity contribution < 1.29 is 9.59 Å². The topological polar surface area (TPSA) is 49.4 Å². The van der Waals surface area contributed by atoms with Crippen molar-refractivity contribution in [1.82, 2.24) is 10.2 Å². The molecular weight excluding hydrogens is 216 g/mol. The van der Waals surface area contributed by atoms with Gasteiger partial charge in [0.2, 0.25) is 11.8 Å². The van der Waals surface area contributed by atoms with Crippen LogP contribution in [-0.2, 0) is 9.59 Å². The number of nitrogens with zero attached hydrogens (tertiary/aromatic N) is 1. The van der Waals surface area contributed by atoms with Gasteiger partial charge in [-0.3, -0.25) is 14.9 Å². The Morgan fingerprint density at radius 3 is 2.82 bits per heavy atom. The number of allylic oxidation sites excluding steroid dienone is 1. The summed E-state index contributed by atoms with van der Waals surface area (Å²) in [5, 5.41) is 2.41. The van der Waals surface area contributed by atoms with Crippen LogP contribution in [0.3, 0.4) is 0 Å². The van der Waals surface area contributed by atoms with Crippen molar-refractivity contribution in [3.8, 4) is 0 Å². The highest BCUT2D eigenvalue weighted by Crippen LogP contribution is 2.30. The number of nitrogens with one attached hydrogen (secondary N) is 1. The molecule has 0 aliphatic carbocycles. The van der Waals surface area contributed by atoms with Gasteiger partial charge in [0, 0.05) is 18.7 Å². The Morgan fingerprint density at radius 2 is 2.24 bits per heavy atom. The molecule has 1 fully saturated rings. The average Bonchev–Trinajstić information content (AvgIpc) is 2.71. The number of imide groups is 1. The third-order valence-corrected chi connectivity index (χ3v) is 3.53. The summed E-state index contributed by atoms with van der Waals surface area (Å²) in [6.45, 7) is 6.80. The molecule has 2 heterocycles. The van der Waals surface area contributed by atoms with Gasteiger partial charge in [0.15, 0.2) is 0 Å². The Morgan fingerprint density at radius 1 is 1.47 bits per heavy atom. The second-order valence-electron chi connectivity index (χ2n) is 4.46. The molecule has 2 rings (SSSR count). The summed E-state index contributed by atoms with van der Waals surface area (Å²) in [6, 6.07) is -0.204. The van der Waals surface area contributed by atoms with E-state index in [1.165, 1.54) is 5.57 Å². The molecule has 0 aromatic carbocycles. The fraction of sp³-hybridized carbons (Fsp3) is 0.538. The van der Waals surface area contributed by atoms with Crippen molar-refractivity contribution in [3.05, 3.63) is 23.9 Å². The molecule has 4 heteroatoms. The summed E-state index contributed by atoms with van der Waals surface area (Å²) < 4.78 is 0. The van der Waals surface area contributed by atoms with E-state index in [0.29, 0.717) is 12.8 Å². The molecule has 92 valence electrons. The molecule has 0 saturated carbocycles. The maximum Gasteiger partial charge on any atom is 0.249 e. The lowest BCUT2D eigenvalue weighted by Gasteiger charge is -2.32. The summed E-state index contributed by atoms with van der Waals surface area (Å²) in [6.07, 6.45) is 4.86. The minimum absolute atomic E-state index is 0.162. The molecule has 1 unspecified atom stereocenters. The zero-order chi connectivity index (χ0) is 12.4. The Bertz CT molecular complexity index is 398. The van der Waals surface area contributed by atoms with Crippen molar-refractivity contribution in [1.29, 1.82) is 0 Å². The van der Waals surface area contributed by atoms with E-state index in [2.05, 4.69) is 23.7 Å². The third kappa shape index (κ3) is 2.12. The molecule has 1 saturated heterocycles. The molecule has 2 aliphatic rings. The number of carbonyl (C=O) groups is 2. The van der Waals surface area contributed by atoms with Crippen LogP contribution in [0.15, 0.2) is 23.9 Å². The van der Waals surface area contributed by atoms with E-state index in [4.69, 9.17) is 0 Å². The quantitative estimate of drug-likeness (QED) is 0.750. The highest BCUT2D eigenvalue weighted by Gasteiger charge is 2.34. The number of amides is 2. The molecule has 17 heavy (non-hydrogen) atoms. The van der Waals surface area contributed by atoms with Crippen molar-refractivity contribution >= 4 is 11.8 Å². The molecule has 1 N–H and O–H groups in total. The van der Waals surface area contributed by atoms with Gasteiger partial charge < -0.3 is 4.90 Å². The summed E-state index contributed by atoms with van der Waals surface area (Å²) >= 11 is 0. The van der Waals surface area contributed by atoms with E-state index >= 15 is 0 Å². The molecule has 1 atom stereocenters. The summed E-state index contributed by atoms with van der Waals surface area (Å²) in [5.74, 6) is -0.330. The van der Waals surface area contributed by atoms with E-state index < -0.39 is 0 Å². The highest BCUT2D eigenvalue weighted by molar-refractivity contribution is 6.00. The van der Waals surface area contributed by atoms with Crippen LogP contribution < -0.4 is 5.32 Å². The van der Waals surface area contributed by atoms with Gasteiger partial charge in [-0.05, 0) is 30.9 Å². The highest BCUT2D eigenvalue weighted by atomic mass is 16.2. The van der Waals surface area contributed by atoms with Gasteiger partial charge in [-0.15, -0.1) is 0 Å². The lowest BCUT2D eigenvalue weighted by atomic mass is 10.0. The van der Waals surface area contributed by atoms with Crippen LogP contribution in [0.25, 0.3) is 0 Å². The van der Waals surface area contributed by atoms with E-state index in [-0.39, 0.29) is 17.9 Å². The summed E-state index contributed by atoms with van der Waals surface area (Å²) in [7, 11) is 0. The predicted octanol–water partition coefficient (Wildman–Crippen LogP) is 1.35. The molecule has 0 radical (unpaired) electrons. The molecule has 2 aliphatic heterocycles. The average molecular weight is 234 g/mol. The van der Waals surface area contributed by atoms with Crippen molar-refractivity contribution in [2.75, 3.05) is 6.54 Å². The van der Waals surface area contributed by atoms with Crippen LogP contribution in [0.5, 0.6) is 0 Å². The number of piperidine rings is 1. The predicted molar refractivity (Wildman–Crippen MR) is 65.0 cm³/mol. The maximum atomic E-state index is 11.8. The zero-order valence-corrected chi connectivity index (χ0v) is 10.2. The Balaban J connectivity index is 2.18. The van der Waals surface area contributed by atoms with E-state index in [0.717, 1.165) is 25.1 Å². The number of rotatable bonds is 3. The van der Waals surface area contributed by atoms with E-state index in [1.54, 1.807) is 0 Å². The SMILES string of the molecule is C=CC1=C(CC)CCN1C1CCC(=O)NC1=O. The maximum absolute atomic E-state index is 11.8. The Hall–Kier alpha value is -1.58. The van der Waals surface area contributed by atoms with Crippen molar-refractivity contribution in [3.63, 3.8) is 0 Å². The molecule has 4 nitrogen and oxygen atoms in total. The standard InChI is InChI=1S/C13H18N2O2/c1-3-9-7-8-15(10(9)4-2)11-5-6-12(16)14-13(11)17/h4,11H,2-3,5-8H2,1H3,(H,14,16,17). The molecule has 0 aromatic rings. The van der Waals surface area contributed by atoms with Gasteiger partial charge in [-0.2, -0.15) is 0 Å². The Labute approximate surface area is 101 Å². The lowest BCUT2D eigenvalue weighted by Crippen LogP contribution is -2.51. The van der Waals surface area contributed by atoms with Crippen LogP contribution in [-0.4, -0.2) is 29.3 Å². The van der Waals surface area contributed by atoms with Gasteiger partial charge in [0.05, 0.1) is 0 Å². The summed E-state index contributed by atoms with van der Waals surface area (Å²) in [4.78, 5) is 25.0. The van der Waals surface area contributed by atoms with Crippen LogP contribution in [0, 0.1) is 0 Å². The van der Waals surface area contributed by atoms with Gasteiger partial charge in [0.25, 0.3) is 0 Å². The number of carbonyl (C=O) groups excluding carboxylic acids is 2. The van der Waals surface area contributed by atoms with Gasteiger partial charge >= 0.3 is 0 Å². The van der Waals surface area contributed by atoms with E-state index in [9.17, 15) is 9.59 Å². The first-order chi connectivity index (χ1) is 8.17. The Kier molecular flexibility index (Phi) is 3.31. The van der Waals surface area contributed by atoms with Crippen LogP contribution in [0.2, 0.25) is 0 Å². The van der Waals surface area contributed by atoms with Crippen LogP contribution in [0.1, 0.15) is 32.6 Å². The monoisotopic (exact) mass is 234 g/mol. The van der Waals surface area contributed by atoms with Gasteiger partial charge in [-0.25, -0.2) is 0 Å². The smallest absolute Gasteiger partial charge is 0.249 e. The van der Waals surface area contributed by atoms with Crippen LogP contribution in [0.4, 0.5) is 0 Å². The molecule has 2 amide bonds.